The number of nitrogen functional groups attached to an aromatic ring is 1. The van der Waals surface area contributed by atoms with Gasteiger partial charge in [0.05, 0.1) is 16.3 Å². The van der Waals surface area contributed by atoms with E-state index in [4.69, 9.17) is 15.2 Å². The van der Waals surface area contributed by atoms with Crippen LogP contribution in [0.5, 0.6) is 5.75 Å². The second-order valence-corrected chi connectivity index (χ2v) is 5.15. The monoisotopic (exact) mass is 299 g/mol. The van der Waals surface area contributed by atoms with Crippen LogP contribution in [0.15, 0.2) is 16.6 Å². The van der Waals surface area contributed by atoms with E-state index in [2.05, 4.69) is 28.9 Å². The normalized spacial score (nSPS) is 19.5. The van der Waals surface area contributed by atoms with Gasteiger partial charge in [-0.3, -0.25) is 0 Å². The molecule has 2 N–H and O–H groups in total. The zero-order valence-corrected chi connectivity index (χ0v) is 11.6. The summed E-state index contributed by atoms with van der Waals surface area (Å²) in [6, 6.07) is 4.02. The third kappa shape index (κ3) is 3.13. The van der Waals surface area contributed by atoms with Crippen LogP contribution in [0.3, 0.4) is 0 Å². The molecule has 0 radical (unpaired) electrons. The summed E-state index contributed by atoms with van der Waals surface area (Å²) in [5, 5.41) is 0. The Morgan fingerprint density at radius 3 is 2.94 bits per heavy atom. The molecule has 2 rings (SSSR count). The van der Waals surface area contributed by atoms with Crippen LogP contribution in [-0.4, -0.2) is 19.3 Å². The number of hydrogen-bond acceptors (Lipinski definition) is 3. The molecule has 0 bridgehead atoms. The fraction of sp³-hybridized carbons (Fsp3) is 0.538. The summed E-state index contributed by atoms with van der Waals surface area (Å²) < 4.78 is 12.2. The molecule has 0 saturated carbocycles. The molecule has 1 aliphatic heterocycles. The Bertz CT molecular complexity index is 366. The Hall–Kier alpha value is -0.740. The molecular weight excluding hydrogens is 282 g/mol. The predicted octanol–water partition coefficient (Wildman–Crippen LogP) is 3.15. The third-order valence-corrected chi connectivity index (χ3v) is 3.57. The topological polar surface area (TPSA) is 44.5 Å². The number of halogens is 1. The lowest BCUT2D eigenvalue weighted by molar-refractivity contribution is 0.0679. The van der Waals surface area contributed by atoms with Crippen LogP contribution < -0.4 is 10.5 Å². The zero-order valence-electron chi connectivity index (χ0n) is 10.0. The summed E-state index contributed by atoms with van der Waals surface area (Å²) >= 11 is 3.50. The zero-order chi connectivity index (χ0) is 12.3. The first-order valence-corrected chi connectivity index (χ1v) is 6.82. The van der Waals surface area contributed by atoms with Crippen molar-refractivity contribution in [2.45, 2.75) is 32.3 Å². The maximum atomic E-state index is 5.99. The number of hydrogen-bond donors (Lipinski definition) is 1. The molecule has 1 aliphatic rings. The van der Waals surface area contributed by atoms with Crippen LogP contribution in [0.25, 0.3) is 0 Å². The van der Waals surface area contributed by atoms with Crippen molar-refractivity contribution in [2.75, 3.05) is 18.9 Å². The summed E-state index contributed by atoms with van der Waals surface area (Å²) in [4.78, 5) is 0. The molecule has 1 atom stereocenters. The van der Waals surface area contributed by atoms with E-state index in [0.29, 0.717) is 12.3 Å². The van der Waals surface area contributed by atoms with Crippen LogP contribution in [-0.2, 0) is 11.2 Å². The minimum atomic E-state index is 0.215. The Balaban J connectivity index is 2.04. The quantitative estimate of drug-likeness (QED) is 0.869. The molecule has 1 aromatic rings. The molecule has 1 heterocycles. The van der Waals surface area contributed by atoms with Gasteiger partial charge >= 0.3 is 0 Å². The molecule has 1 aromatic carbocycles. The fourth-order valence-electron chi connectivity index (χ4n) is 1.98. The Kier molecular flexibility index (Phi) is 4.29. The standard InChI is InChI=1S/C13H18BrNO2/c1-2-9-6-11(14)13(12(15)7-9)17-8-10-4-3-5-16-10/h6-7,10H,2-5,8,15H2,1H3. The van der Waals surface area contributed by atoms with Crippen molar-refractivity contribution < 1.29 is 9.47 Å². The van der Waals surface area contributed by atoms with Crippen LogP contribution in [0.4, 0.5) is 5.69 Å². The number of ether oxygens (including phenoxy) is 2. The van der Waals surface area contributed by atoms with Crippen molar-refractivity contribution in [3.8, 4) is 5.75 Å². The van der Waals surface area contributed by atoms with E-state index in [1.807, 2.05) is 6.07 Å². The fourth-order valence-corrected chi connectivity index (χ4v) is 2.62. The van der Waals surface area contributed by atoms with Gasteiger partial charge < -0.3 is 15.2 Å². The maximum Gasteiger partial charge on any atom is 0.156 e. The van der Waals surface area contributed by atoms with Crippen LogP contribution >= 0.6 is 15.9 Å². The minimum absolute atomic E-state index is 0.215. The number of benzene rings is 1. The molecule has 4 heteroatoms. The molecule has 0 aliphatic carbocycles. The lowest BCUT2D eigenvalue weighted by Crippen LogP contribution is -2.17. The van der Waals surface area contributed by atoms with Crippen molar-refractivity contribution in [3.05, 3.63) is 22.2 Å². The van der Waals surface area contributed by atoms with Crippen LogP contribution in [0.2, 0.25) is 0 Å². The summed E-state index contributed by atoms with van der Waals surface area (Å²) in [5.41, 5.74) is 7.88. The van der Waals surface area contributed by atoms with Crippen molar-refractivity contribution in [3.63, 3.8) is 0 Å². The Labute approximate surface area is 110 Å². The molecule has 1 fully saturated rings. The summed E-state index contributed by atoms with van der Waals surface area (Å²) in [6.45, 7) is 3.53. The van der Waals surface area contributed by atoms with Gasteiger partial charge in [0.1, 0.15) is 6.61 Å². The van der Waals surface area contributed by atoms with Crippen LogP contribution in [0.1, 0.15) is 25.3 Å². The maximum absolute atomic E-state index is 5.99. The smallest absolute Gasteiger partial charge is 0.156 e. The lowest BCUT2D eigenvalue weighted by atomic mass is 10.1. The van der Waals surface area contributed by atoms with Crippen molar-refractivity contribution in [2.24, 2.45) is 0 Å². The van der Waals surface area contributed by atoms with Gasteiger partial charge in [0.25, 0.3) is 0 Å². The van der Waals surface area contributed by atoms with E-state index in [1.54, 1.807) is 0 Å². The van der Waals surface area contributed by atoms with Crippen molar-refractivity contribution >= 4 is 21.6 Å². The molecule has 94 valence electrons. The first kappa shape index (κ1) is 12.7. The third-order valence-electron chi connectivity index (χ3n) is 2.98. The number of aryl methyl sites for hydroxylation is 1. The van der Waals surface area contributed by atoms with E-state index >= 15 is 0 Å². The summed E-state index contributed by atoms with van der Waals surface area (Å²) in [7, 11) is 0. The van der Waals surface area contributed by atoms with Crippen LogP contribution in [0, 0.1) is 0 Å². The Morgan fingerprint density at radius 1 is 1.53 bits per heavy atom. The molecular formula is C13H18BrNO2. The molecule has 0 aromatic heterocycles. The molecule has 0 amide bonds. The molecule has 17 heavy (non-hydrogen) atoms. The lowest BCUT2D eigenvalue weighted by Gasteiger charge is -2.15. The average Bonchev–Trinajstić information content (AvgIpc) is 2.80. The van der Waals surface area contributed by atoms with Gasteiger partial charge in [0.2, 0.25) is 0 Å². The van der Waals surface area contributed by atoms with Gasteiger partial charge in [-0.2, -0.15) is 0 Å². The van der Waals surface area contributed by atoms with E-state index in [0.717, 1.165) is 36.1 Å². The van der Waals surface area contributed by atoms with E-state index < -0.39 is 0 Å². The number of anilines is 1. The van der Waals surface area contributed by atoms with Crippen molar-refractivity contribution in [1.82, 2.24) is 0 Å². The highest BCUT2D eigenvalue weighted by Gasteiger charge is 2.17. The van der Waals surface area contributed by atoms with Gasteiger partial charge in [0.15, 0.2) is 5.75 Å². The first-order valence-electron chi connectivity index (χ1n) is 6.03. The highest BCUT2D eigenvalue weighted by molar-refractivity contribution is 9.10. The van der Waals surface area contributed by atoms with Gasteiger partial charge in [-0.1, -0.05) is 6.92 Å². The van der Waals surface area contributed by atoms with E-state index in [-0.39, 0.29) is 6.10 Å². The molecule has 3 nitrogen and oxygen atoms in total. The van der Waals surface area contributed by atoms with Gasteiger partial charge in [-0.05, 0) is 52.9 Å². The molecule has 0 spiro atoms. The Morgan fingerprint density at radius 2 is 2.35 bits per heavy atom. The number of nitrogens with two attached hydrogens (primary N) is 1. The van der Waals surface area contributed by atoms with Gasteiger partial charge in [-0.25, -0.2) is 0 Å². The van der Waals surface area contributed by atoms with Gasteiger partial charge in [0, 0.05) is 6.61 Å². The van der Waals surface area contributed by atoms with Gasteiger partial charge in [-0.15, -0.1) is 0 Å². The molecule has 1 unspecified atom stereocenters. The van der Waals surface area contributed by atoms with E-state index in [1.165, 1.54) is 5.56 Å². The highest BCUT2D eigenvalue weighted by atomic mass is 79.9. The largest absolute Gasteiger partial charge is 0.488 e. The second-order valence-electron chi connectivity index (χ2n) is 4.30. The first-order chi connectivity index (χ1) is 8.20. The number of rotatable bonds is 4. The van der Waals surface area contributed by atoms with E-state index in [9.17, 15) is 0 Å². The summed E-state index contributed by atoms with van der Waals surface area (Å²) in [5.74, 6) is 0.734. The van der Waals surface area contributed by atoms with Crippen molar-refractivity contribution in [1.29, 1.82) is 0 Å². The second kappa shape index (κ2) is 5.74. The average molecular weight is 300 g/mol. The SMILES string of the molecule is CCc1cc(N)c(OCC2CCCO2)c(Br)c1. The highest BCUT2D eigenvalue weighted by Crippen LogP contribution is 2.33. The minimum Gasteiger partial charge on any atom is -0.488 e. The summed E-state index contributed by atoms with van der Waals surface area (Å²) in [6.07, 6.45) is 3.38. The predicted molar refractivity (Wildman–Crippen MR) is 72.4 cm³/mol. The molecule has 1 saturated heterocycles.